The molecule has 2 spiro atoms. The van der Waals surface area contributed by atoms with Crippen molar-refractivity contribution in [3.05, 3.63) is 305 Å². The molecular formula is C71H43N3. The van der Waals surface area contributed by atoms with Crippen LogP contribution in [0.15, 0.2) is 261 Å². The van der Waals surface area contributed by atoms with Gasteiger partial charge in [0.05, 0.1) is 10.8 Å². The van der Waals surface area contributed by atoms with Crippen molar-refractivity contribution in [3.63, 3.8) is 0 Å². The molecule has 4 aliphatic rings. The summed E-state index contributed by atoms with van der Waals surface area (Å²) in [6.45, 7) is 0. The Morgan fingerprint density at radius 1 is 0.189 bits per heavy atom. The van der Waals surface area contributed by atoms with Crippen LogP contribution in [0.4, 0.5) is 0 Å². The van der Waals surface area contributed by atoms with E-state index in [0.717, 1.165) is 38.9 Å². The molecule has 3 heteroatoms. The maximum absolute atomic E-state index is 5.69. The van der Waals surface area contributed by atoms with E-state index >= 15 is 0 Å². The lowest BCUT2D eigenvalue weighted by molar-refractivity contribution is 0.793. The van der Waals surface area contributed by atoms with Gasteiger partial charge in [0.25, 0.3) is 0 Å². The van der Waals surface area contributed by atoms with Crippen molar-refractivity contribution in [3.8, 4) is 101 Å². The van der Waals surface area contributed by atoms with E-state index in [9.17, 15) is 0 Å². The molecule has 3 nitrogen and oxygen atoms in total. The van der Waals surface area contributed by atoms with Crippen LogP contribution in [0.3, 0.4) is 0 Å². The lowest BCUT2D eigenvalue weighted by Crippen LogP contribution is -2.25. The Hall–Kier alpha value is -9.57. The number of hydrogen-bond donors (Lipinski definition) is 0. The van der Waals surface area contributed by atoms with Gasteiger partial charge in [0.15, 0.2) is 17.5 Å². The summed E-state index contributed by atoms with van der Waals surface area (Å²) in [5.74, 6) is 1.91. The number of fused-ring (bicyclic) bond motifs is 20. The molecule has 342 valence electrons. The molecule has 1 heterocycles. The molecule has 0 fully saturated rings. The highest BCUT2D eigenvalue weighted by molar-refractivity contribution is 6.01. The Kier molecular flexibility index (Phi) is 8.59. The summed E-state index contributed by atoms with van der Waals surface area (Å²) in [6.07, 6.45) is 0. The van der Waals surface area contributed by atoms with Crippen LogP contribution in [0.25, 0.3) is 101 Å². The normalized spacial score (nSPS) is 13.9. The Bertz CT molecular complexity index is 4020. The summed E-state index contributed by atoms with van der Waals surface area (Å²) in [4.78, 5) is 16.8. The monoisotopic (exact) mass is 937 g/mol. The zero-order valence-electron chi connectivity index (χ0n) is 40.2. The third-order valence-electron chi connectivity index (χ3n) is 16.6. The van der Waals surface area contributed by atoms with Gasteiger partial charge in [-0.15, -0.1) is 0 Å². The van der Waals surface area contributed by atoms with Crippen LogP contribution >= 0.6 is 0 Å². The summed E-state index contributed by atoms with van der Waals surface area (Å²) in [5, 5.41) is 0. The summed E-state index contributed by atoms with van der Waals surface area (Å²) in [7, 11) is 0. The standard InChI is InChI=1S/C71H43N3/c1-2-19-44(20-3-1)47-21-16-22-48(43-47)45-39-41-46(42-40-45)67-72-68(55-29-17-37-63-65(55)53-27-8-14-35-61(53)70(63)57-31-10-4-23-49(57)50-24-5-11-32-58(50)70)74-69(73-67)56-30-18-38-64-66(56)54-28-9-15-36-62(54)71(64)59-33-12-6-25-51(59)52-26-7-13-34-60(52)71/h1-43H. The number of aromatic nitrogens is 3. The molecule has 1 aromatic heterocycles. The molecule has 0 aliphatic heterocycles. The SMILES string of the molecule is c1ccc(-c2cccc(-c3ccc(-c4nc(-c5cccc6c5-c5ccccc5C65c6ccccc6-c6ccccc65)nc(-c5cccc6c5-c5ccccc5C65c6ccccc6-c6ccccc65)n4)cc3)c2)cc1. The quantitative estimate of drug-likeness (QED) is 0.173. The lowest BCUT2D eigenvalue weighted by Gasteiger charge is -2.30. The van der Waals surface area contributed by atoms with Gasteiger partial charge in [-0.1, -0.05) is 255 Å². The fourth-order valence-corrected chi connectivity index (χ4v) is 13.7. The van der Waals surface area contributed by atoms with Crippen LogP contribution in [0.1, 0.15) is 44.5 Å². The summed E-state index contributed by atoms with van der Waals surface area (Å²) < 4.78 is 0. The predicted molar refractivity (Wildman–Crippen MR) is 300 cm³/mol. The molecule has 12 aromatic rings. The van der Waals surface area contributed by atoms with Crippen molar-refractivity contribution in [1.29, 1.82) is 0 Å². The van der Waals surface area contributed by atoms with Crippen LogP contribution in [0.2, 0.25) is 0 Å². The van der Waals surface area contributed by atoms with E-state index in [0.29, 0.717) is 17.5 Å². The van der Waals surface area contributed by atoms with Crippen LogP contribution in [-0.2, 0) is 10.8 Å². The summed E-state index contributed by atoms with van der Waals surface area (Å²) in [6, 6.07) is 95.5. The largest absolute Gasteiger partial charge is 0.208 e. The summed E-state index contributed by atoms with van der Waals surface area (Å²) >= 11 is 0. The molecular weight excluding hydrogens is 895 g/mol. The van der Waals surface area contributed by atoms with Gasteiger partial charge >= 0.3 is 0 Å². The molecule has 0 saturated carbocycles. The zero-order chi connectivity index (χ0) is 48.5. The van der Waals surface area contributed by atoms with E-state index in [1.165, 1.54) is 89.0 Å². The Morgan fingerprint density at radius 3 is 0.905 bits per heavy atom. The first-order valence-corrected chi connectivity index (χ1v) is 25.6. The number of hydrogen-bond acceptors (Lipinski definition) is 3. The van der Waals surface area contributed by atoms with Crippen molar-refractivity contribution in [1.82, 2.24) is 15.0 Å². The van der Waals surface area contributed by atoms with E-state index in [4.69, 9.17) is 15.0 Å². The highest BCUT2D eigenvalue weighted by Gasteiger charge is 2.54. The number of benzene rings is 11. The molecule has 4 aliphatic carbocycles. The van der Waals surface area contributed by atoms with Crippen LogP contribution < -0.4 is 0 Å². The van der Waals surface area contributed by atoms with E-state index in [1.807, 2.05) is 0 Å². The molecule has 0 N–H and O–H groups in total. The predicted octanol–water partition coefficient (Wildman–Crippen LogP) is 16.9. The minimum absolute atomic E-state index is 0.506. The molecule has 0 bridgehead atoms. The first-order valence-electron chi connectivity index (χ1n) is 25.6. The van der Waals surface area contributed by atoms with E-state index < -0.39 is 10.8 Å². The van der Waals surface area contributed by atoms with Gasteiger partial charge in [-0.2, -0.15) is 0 Å². The second-order valence-electron chi connectivity index (χ2n) is 20.1. The maximum atomic E-state index is 5.69. The van der Waals surface area contributed by atoms with Gasteiger partial charge in [-0.3, -0.25) is 0 Å². The van der Waals surface area contributed by atoms with Crippen molar-refractivity contribution in [2.24, 2.45) is 0 Å². The maximum Gasteiger partial charge on any atom is 0.164 e. The first-order chi connectivity index (χ1) is 36.7. The van der Waals surface area contributed by atoms with Gasteiger partial charge in [0.2, 0.25) is 0 Å². The van der Waals surface area contributed by atoms with E-state index in [2.05, 4.69) is 261 Å². The molecule has 74 heavy (non-hydrogen) atoms. The van der Waals surface area contributed by atoms with Gasteiger partial charge in [-0.05, 0) is 117 Å². The molecule has 0 unspecified atom stereocenters. The fourth-order valence-electron chi connectivity index (χ4n) is 13.7. The topological polar surface area (TPSA) is 38.7 Å². The highest BCUT2D eigenvalue weighted by Crippen LogP contribution is 2.65. The fraction of sp³-hybridized carbons (Fsp3) is 0.0282. The Morgan fingerprint density at radius 2 is 0.473 bits per heavy atom. The minimum atomic E-state index is -0.506. The minimum Gasteiger partial charge on any atom is -0.208 e. The van der Waals surface area contributed by atoms with E-state index in [1.54, 1.807) is 0 Å². The van der Waals surface area contributed by atoms with Crippen molar-refractivity contribution in [2.75, 3.05) is 0 Å². The van der Waals surface area contributed by atoms with Crippen LogP contribution in [0, 0.1) is 0 Å². The van der Waals surface area contributed by atoms with Gasteiger partial charge < -0.3 is 0 Å². The van der Waals surface area contributed by atoms with Crippen molar-refractivity contribution >= 4 is 0 Å². The average Bonchev–Trinajstić information content (AvgIpc) is 4.24. The molecule has 0 saturated heterocycles. The van der Waals surface area contributed by atoms with Gasteiger partial charge in [0.1, 0.15) is 0 Å². The van der Waals surface area contributed by atoms with Gasteiger partial charge in [-0.25, -0.2) is 15.0 Å². The third-order valence-corrected chi connectivity index (χ3v) is 16.6. The second kappa shape index (κ2) is 15.5. The third kappa shape index (κ3) is 5.42. The number of rotatable bonds is 5. The first kappa shape index (κ1) is 41.1. The van der Waals surface area contributed by atoms with Crippen LogP contribution in [0.5, 0.6) is 0 Å². The second-order valence-corrected chi connectivity index (χ2v) is 20.1. The van der Waals surface area contributed by atoms with Crippen molar-refractivity contribution < 1.29 is 0 Å². The number of nitrogens with zero attached hydrogens (tertiary/aromatic N) is 3. The van der Waals surface area contributed by atoms with Gasteiger partial charge in [0, 0.05) is 16.7 Å². The lowest BCUT2D eigenvalue weighted by atomic mass is 9.70. The highest BCUT2D eigenvalue weighted by atomic mass is 15.0. The Balaban J connectivity index is 0.937. The smallest absolute Gasteiger partial charge is 0.164 e. The summed E-state index contributed by atoms with van der Waals surface area (Å²) in [5.41, 5.74) is 26.6. The van der Waals surface area contributed by atoms with Crippen LogP contribution in [-0.4, -0.2) is 15.0 Å². The molecule has 16 rings (SSSR count). The molecule has 11 aromatic carbocycles. The molecule has 0 atom stereocenters. The molecule has 0 amide bonds. The zero-order valence-corrected chi connectivity index (χ0v) is 40.2. The average molecular weight is 938 g/mol. The van der Waals surface area contributed by atoms with Crippen molar-refractivity contribution in [2.45, 2.75) is 10.8 Å². The molecule has 0 radical (unpaired) electrons. The Labute approximate surface area is 429 Å². The van der Waals surface area contributed by atoms with E-state index in [-0.39, 0.29) is 0 Å².